The van der Waals surface area contributed by atoms with Crippen molar-refractivity contribution in [2.75, 3.05) is 19.7 Å². The van der Waals surface area contributed by atoms with Gasteiger partial charge in [0.2, 0.25) is 5.91 Å². The Bertz CT molecular complexity index is 752. The number of carboxylic acid groups (broad SMARTS) is 1. The second-order valence-electron chi connectivity index (χ2n) is 7.64. The summed E-state index contributed by atoms with van der Waals surface area (Å²) in [6.07, 6.45) is 0.819. The standard InChI is InChI=1S/C20H26N2O5/c1-13(2)17(23)21-9-7-20(8-10-21)22(16(12-27-20)19(25)26)18(24)15-6-4-5-14(3)11-15/h4-6,11,13,16H,7-10,12H2,1-3H3,(H,25,26). The van der Waals surface area contributed by atoms with Gasteiger partial charge in [-0.3, -0.25) is 14.5 Å². The Morgan fingerprint density at radius 2 is 1.89 bits per heavy atom. The molecule has 0 saturated carbocycles. The van der Waals surface area contributed by atoms with E-state index in [-0.39, 0.29) is 24.3 Å². The van der Waals surface area contributed by atoms with E-state index in [0.29, 0.717) is 31.5 Å². The molecule has 2 saturated heterocycles. The maximum absolute atomic E-state index is 13.2. The zero-order valence-electron chi connectivity index (χ0n) is 16.0. The molecular weight excluding hydrogens is 348 g/mol. The first kappa shape index (κ1) is 19.4. The maximum atomic E-state index is 13.2. The fourth-order valence-electron chi connectivity index (χ4n) is 3.91. The number of carbonyl (C=O) groups is 3. The number of nitrogens with zero attached hydrogens (tertiary/aromatic N) is 2. The summed E-state index contributed by atoms with van der Waals surface area (Å²) in [6.45, 7) is 6.45. The van der Waals surface area contributed by atoms with Crippen molar-refractivity contribution in [3.05, 3.63) is 35.4 Å². The Labute approximate surface area is 158 Å². The van der Waals surface area contributed by atoms with Gasteiger partial charge >= 0.3 is 5.97 Å². The van der Waals surface area contributed by atoms with Crippen LogP contribution >= 0.6 is 0 Å². The topological polar surface area (TPSA) is 87.2 Å². The molecule has 27 heavy (non-hydrogen) atoms. The highest BCUT2D eigenvalue weighted by atomic mass is 16.5. The summed E-state index contributed by atoms with van der Waals surface area (Å²) in [5.41, 5.74) is 0.406. The van der Waals surface area contributed by atoms with Gasteiger partial charge in [0.25, 0.3) is 5.91 Å². The summed E-state index contributed by atoms with van der Waals surface area (Å²) in [6, 6.07) is 6.09. The Morgan fingerprint density at radius 1 is 1.22 bits per heavy atom. The summed E-state index contributed by atoms with van der Waals surface area (Å²) in [7, 11) is 0. The zero-order valence-corrected chi connectivity index (χ0v) is 16.0. The lowest BCUT2D eigenvalue weighted by Crippen LogP contribution is -2.59. The van der Waals surface area contributed by atoms with Crippen LogP contribution in [0.3, 0.4) is 0 Å². The van der Waals surface area contributed by atoms with Crippen LogP contribution in [-0.4, -0.2) is 64.2 Å². The monoisotopic (exact) mass is 374 g/mol. The van der Waals surface area contributed by atoms with E-state index in [1.165, 1.54) is 4.90 Å². The Balaban J connectivity index is 1.87. The number of ether oxygens (including phenoxy) is 1. The van der Waals surface area contributed by atoms with Gasteiger partial charge in [-0.2, -0.15) is 0 Å². The second-order valence-corrected chi connectivity index (χ2v) is 7.64. The molecule has 1 spiro atoms. The van der Waals surface area contributed by atoms with Crippen molar-refractivity contribution in [3.63, 3.8) is 0 Å². The van der Waals surface area contributed by atoms with Crippen LogP contribution in [0.15, 0.2) is 24.3 Å². The minimum Gasteiger partial charge on any atom is -0.480 e. The number of carbonyl (C=O) groups excluding carboxylic acids is 2. The third-order valence-electron chi connectivity index (χ3n) is 5.38. The van der Waals surface area contributed by atoms with E-state index >= 15 is 0 Å². The third-order valence-corrected chi connectivity index (χ3v) is 5.38. The van der Waals surface area contributed by atoms with Crippen LogP contribution in [0.2, 0.25) is 0 Å². The van der Waals surface area contributed by atoms with Crippen molar-refractivity contribution in [1.82, 2.24) is 9.80 Å². The van der Waals surface area contributed by atoms with Gasteiger partial charge in [-0.25, -0.2) is 4.79 Å². The lowest BCUT2D eigenvalue weighted by Gasteiger charge is -2.44. The molecule has 1 unspecified atom stereocenters. The van der Waals surface area contributed by atoms with Crippen molar-refractivity contribution in [2.24, 2.45) is 5.92 Å². The number of carboxylic acids is 1. The van der Waals surface area contributed by atoms with E-state index in [1.807, 2.05) is 26.8 Å². The molecular formula is C20H26N2O5. The molecule has 2 fully saturated rings. The van der Waals surface area contributed by atoms with E-state index in [1.54, 1.807) is 23.1 Å². The summed E-state index contributed by atoms with van der Waals surface area (Å²) >= 11 is 0. The van der Waals surface area contributed by atoms with Crippen LogP contribution in [0, 0.1) is 12.8 Å². The number of likely N-dealkylation sites (tertiary alicyclic amines) is 1. The number of amides is 2. The van der Waals surface area contributed by atoms with Crippen LogP contribution < -0.4 is 0 Å². The van der Waals surface area contributed by atoms with Gasteiger partial charge in [-0.1, -0.05) is 31.5 Å². The number of rotatable bonds is 3. The van der Waals surface area contributed by atoms with E-state index in [4.69, 9.17) is 4.74 Å². The van der Waals surface area contributed by atoms with Gasteiger partial charge in [-0.05, 0) is 19.1 Å². The van der Waals surface area contributed by atoms with E-state index in [2.05, 4.69) is 0 Å². The fraction of sp³-hybridized carbons (Fsp3) is 0.550. The predicted molar refractivity (Wildman–Crippen MR) is 98.1 cm³/mol. The lowest BCUT2D eigenvalue weighted by atomic mass is 9.95. The van der Waals surface area contributed by atoms with Gasteiger partial charge < -0.3 is 14.7 Å². The number of piperidine rings is 1. The molecule has 2 amide bonds. The SMILES string of the molecule is Cc1cccc(C(=O)N2C(C(=O)O)COC23CCN(C(=O)C(C)C)CC3)c1. The number of benzene rings is 1. The van der Waals surface area contributed by atoms with Gasteiger partial charge in [0.1, 0.15) is 5.72 Å². The summed E-state index contributed by atoms with van der Waals surface area (Å²) in [4.78, 5) is 40.4. The number of aliphatic carboxylic acids is 1. The highest BCUT2D eigenvalue weighted by Gasteiger charge is 2.54. The van der Waals surface area contributed by atoms with Crippen molar-refractivity contribution >= 4 is 17.8 Å². The normalized spacial score (nSPS) is 21.7. The molecule has 7 heteroatoms. The molecule has 146 valence electrons. The van der Waals surface area contributed by atoms with Crippen molar-refractivity contribution < 1.29 is 24.2 Å². The molecule has 1 N–H and O–H groups in total. The van der Waals surface area contributed by atoms with Crippen LogP contribution in [0.25, 0.3) is 0 Å². The van der Waals surface area contributed by atoms with Gasteiger partial charge in [0, 0.05) is 37.4 Å². The number of hydrogen-bond donors (Lipinski definition) is 1. The molecule has 1 aromatic rings. The van der Waals surface area contributed by atoms with Gasteiger partial charge in [0.05, 0.1) is 6.61 Å². The molecule has 3 rings (SSSR count). The Hall–Kier alpha value is -2.41. The average molecular weight is 374 g/mol. The molecule has 2 aliphatic rings. The van der Waals surface area contributed by atoms with Gasteiger partial charge in [-0.15, -0.1) is 0 Å². The Kier molecular flexibility index (Phi) is 5.24. The summed E-state index contributed by atoms with van der Waals surface area (Å²) in [5, 5.41) is 9.62. The lowest BCUT2D eigenvalue weighted by molar-refractivity contribution is -0.149. The first-order valence-corrected chi connectivity index (χ1v) is 9.31. The van der Waals surface area contributed by atoms with Crippen molar-refractivity contribution in [1.29, 1.82) is 0 Å². The van der Waals surface area contributed by atoms with E-state index in [0.717, 1.165) is 5.56 Å². The van der Waals surface area contributed by atoms with Crippen LogP contribution in [0.1, 0.15) is 42.6 Å². The molecule has 2 heterocycles. The zero-order chi connectivity index (χ0) is 19.8. The highest BCUT2D eigenvalue weighted by Crippen LogP contribution is 2.38. The molecule has 0 aliphatic carbocycles. The number of hydrogen-bond acceptors (Lipinski definition) is 4. The van der Waals surface area contributed by atoms with Crippen molar-refractivity contribution in [3.8, 4) is 0 Å². The molecule has 0 aromatic heterocycles. The van der Waals surface area contributed by atoms with Gasteiger partial charge in [0.15, 0.2) is 6.04 Å². The first-order valence-electron chi connectivity index (χ1n) is 9.31. The average Bonchev–Trinajstić information content (AvgIpc) is 3.00. The molecule has 1 aromatic carbocycles. The van der Waals surface area contributed by atoms with Crippen LogP contribution in [-0.2, 0) is 14.3 Å². The smallest absolute Gasteiger partial charge is 0.328 e. The minimum atomic E-state index is -1.08. The largest absolute Gasteiger partial charge is 0.480 e. The molecule has 0 bridgehead atoms. The third kappa shape index (κ3) is 3.56. The number of aryl methyl sites for hydroxylation is 1. The highest BCUT2D eigenvalue weighted by molar-refractivity contribution is 5.97. The summed E-state index contributed by atoms with van der Waals surface area (Å²) < 4.78 is 5.92. The van der Waals surface area contributed by atoms with E-state index < -0.39 is 17.7 Å². The molecule has 0 radical (unpaired) electrons. The first-order chi connectivity index (χ1) is 12.7. The molecule has 7 nitrogen and oxygen atoms in total. The van der Waals surface area contributed by atoms with Crippen LogP contribution in [0.4, 0.5) is 0 Å². The predicted octanol–water partition coefficient (Wildman–Crippen LogP) is 1.90. The molecule has 2 aliphatic heterocycles. The second kappa shape index (κ2) is 7.31. The maximum Gasteiger partial charge on any atom is 0.328 e. The van der Waals surface area contributed by atoms with Crippen LogP contribution in [0.5, 0.6) is 0 Å². The van der Waals surface area contributed by atoms with Crippen molar-refractivity contribution in [2.45, 2.75) is 45.4 Å². The Morgan fingerprint density at radius 3 is 2.44 bits per heavy atom. The summed E-state index contributed by atoms with van der Waals surface area (Å²) in [5.74, 6) is -1.45. The van der Waals surface area contributed by atoms with E-state index in [9.17, 15) is 19.5 Å². The quantitative estimate of drug-likeness (QED) is 0.873. The molecule has 1 atom stereocenters. The minimum absolute atomic E-state index is 0.0367. The fourth-order valence-corrected chi connectivity index (χ4v) is 3.91.